The van der Waals surface area contributed by atoms with Crippen LogP contribution in [0.4, 0.5) is 23.3 Å². The van der Waals surface area contributed by atoms with Gasteiger partial charge in [-0.15, -0.1) is 0 Å². The van der Waals surface area contributed by atoms with Gasteiger partial charge in [0, 0.05) is 23.2 Å². The van der Waals surface area contributed by atoms with Crippen molar-refractivity contribution in [3.05, 3.63) is 88.7 Å². The van der Waals surface area contributed by atoms with Crippen LogP contribution in [0.2, 0.25) is 0 Å². The van der Waals surface area contributed by atoms with Crippen molar-refractivity contribution in [2.24, 2.45) is 0 Å². The average molecular weight is 852 g/mol. The Kier molecular flexibility index (Phi) is 33.8. The van der Waals surface area contributed by atoms with Crippen molar-refractivity contribution in [2.45, 2.75) is 43.7 Å². The second kappa shape index (κ2) is 30.2. The van der Waals surface area contributed by atoms with Crippen LogP contribution < -0.4 is 150 Å². The molecule has 2 aromatic carbocycles. The SMILES string of the molecule is BrCCCCc1ccccc1.Nc1cc(N)[nH]c(=S)n1.Nc1cc(N)nc(SCCCCc2ccccc2)n1.[I-].[K+].[K+].[OH-]. The molecule has 0 unspecified atom stereocenters. The number of alkyl halides is 1. The van der Waals surface area contributed by atoms with Gasteiger partial charge >= 0.3 is 103 Å². The number of nitrogens with one attached hydrogen (secondary N) is 1. The average Bonchev–Trinajstić information content (AvgIpc) is 2.89. The standard InChI is InChI=1S/C14H18N4S.C10H13Br.C4H6N4S.HI.2K.H2O/c15-12-10-13(16)18-14(17-12)19-9-5-4-8-11-6-2-1-3-7-11;11-9-5-4-8-10-6-2-1-3-7-10;5-2-1-3(6)8-4(9)7-2;;;;/h1-3,6-7,10H,4-5,8-9H2,(H4,15,16,17,18);1-3,6-7H,4-5,8-9H2;1H,(H5,5,6,7,8,9);1H;;;1H2/q;;;;2*+1;/p-2. The molecule has 0 aliphatic heterocycles. The Morgan fingerprint density at radius 1 is 0.698 bits per heavy atom. The number of nitrogen functional groups attached to an aromatic ring is 4. The Labute approximate surface area is 375 Å². The van der Waals surface area contributed by atoms with Crippen molar-refractivity contribution < 1.29 is 132 Å². The predicted octanol–water partition coefficient (Wildman–Crippen LogP) is -2.70. The fourth-order valence-corrected chi connectivity index (χ4v) is 4.82. The van der Waals surface area contributed by atoms with E-state index in [2.05, 4.69) is 103 Å². The molecule has 0 fully saturated rings. The van der Waals surface area contributed by atoms with Crippen LogP contribution in [-0.4, -0.2) is 36.5 Å². The third-order valence-electron chi connectivity index (χ3n) is 5.16. The van der Waals surface area contributed by atoms with Gasteiger partial charge in [-0.25, -0.2) is 15.0 Å². The molecule has 224 valence electrons. The number of aromatic amines is 1. The first-order valence-electron chi connectivity index (χ1n) is 12.6. The Morgan fingerprint density at radius 2 is 1.16 bits per heavy atom. The summed E-state index contributed by atoms with van der Waals surface area (Å²) < 4.78 is 0.313. The molecule has 0 saturated carbocycles. The van der Waals surface area contributed by atoms with E-state index in [1.54, 1.807) is 17.8 Å². The maximum atomic E-state index is 5.62. The predicted molar refractivity (Wildman–Crippen MR) is 174 cm³/mol. The van der Waals surface area contributed by atoms with Gasteiger partial charge in [-0.05, 0) is 61.9 Å². The van der Waals surface area contributed by atoms with Gasteiger partial charge in [0.1, 0.15) is 23.3 Å². The van der Waals surface area contributed by atoms with E-state index in [0.29, 0.717) is 33.2 Å². The minimum atomic E-state index is 0. The molecule has 0 aliphatic rings. The molecule has 9 nitrogen and oxygen atoms in total. The van der Waals surface area contributed by atoms with Crippen LogP contribution >= 0.6 is 39.9 Å². The van der Waals surface area contributed by atoms with Crippen LogP contribution in [0.15, 0.2) is 78.0 Å². The van der Waals surface area contributed by atoms with Gasteiger partial charge in [-0.1, -0.05) is 88.4 Å². The van der Waals surface area contributed by atoms with E-state index in [0.717, 1.165) is 30.3 Å². The number of anilines is 4. The first-order chi connectivity index (χ1) is 18.9. The van der Waals surface area contributed by atoms with Crippen molar-refractivity contribution in [2.75, 3.05) is 34.0 Å². The second-order valence-electron chi connectivity index (χ2n) is 8.49. The largest absolute Gasteiger partial charge is 1.00 e. The number of H-pyrrole nitrogens is 1. The number of rotatable bonds is 10. The Bertz CT molecular complexity index is 1260. The van der Waals surface area contributed by atoms with Gasteiger partial charge in [0.05, 0.1) is 0 Å². The molecule has 0 amide bonds. The summed E-state index contributed by atoms with van der Waals surface area (Å²) in [6, 6.07) is 24.2. The third kappa shape index (κ3) is 24.6. The van der Waals surface area contributed by atoms with Crippen LogP contribution in [0.1, 0.15) is 36.8 Å². The minimum absolute atomic E-state index is 0. The maximum absolute atomic E-state index is 5.62. The smallest absolute Gasteiger partial charge is 1.00 e. The van der Waals surface area contributed by atoms with Gasteiger partial charge in [0.2, 0.25) is 0 Å². The second-order valence-corrected chi connectivity index (χ2v) is 10.7. The molecule has 0 aliphatic carbocycles. The van der Waals surface area contributed by atoms with Gasteiger partial charge in [-0.2, -0.15) is 0 Å². The monoisotopic (exact) mass is 850 g/mol. The summed E-state index contributed by atoms with van der Waals surface area (Å²) in [6.07, 6.45) is 7.17. The molecule has 10 N–H and O–H groups in total. The van der Waals surface area contributed by atoms with E-state index in [9.17, 15) is 0 Å². The van der Waals surface area contributed by atoms with Crippen molar-refractivity contribution in [1.29, 1.82) is 0 Å². The quantitative estimate of drug-likeness (QED) is 0.0214. The van der Waals surface area contributed by atoms with E-state index < -0.39 is 0 Å². The Balaban J connectivity index is -0.000000577. The van der Waals surface area contributed by atoms with Crippen molar-refractivity contribution in [1.82, 2.24) is 19.9 Å². The number of hydrogen-bond acceptors (Lipinski definition) is 10. The van der Waals surface area contributed by atoms with E-state index in [1.807, 2.05) is 6.07 Å². The summed E-state index contributed by atoms with van der Waals surface area (Å²) in [7, 11) is 0. The number of halogens is 2. The third-order valence-corrected chi connectivity index (χ3v) is 6.84. The molecule has 4 aromatic rings. The first kappa shape index (κ1) is 48.2. The van der Waals surface area contributed by atoms with E-state index >= 15 is 0 Å². The van der Waals surface area contributed by atoms with Crippen LogP contribution in [0.25, 0.3) is 0 Å². The van der Waals surface area contributed by atoms with Crippen molar-refractivity contribution in [3.63, 3.8) is 0 Å². The number of nitrogens with two attached hydrogens (primary N) is 4. The molecule has 0 bridgehead atoms. The molecule has 4 rings (SSSR count). The molecule has 2 heterocycles. The number of benzene rings is 2. The zero-order valence-electron chi connectivity index (χ0n) is 24.8. The molecule has 2 aromatic heterocycles. The van der Waals surface area contributed by atoms with Crippen molar-refractivity contribution >= 4 is 63.2 Å². The summed E-state index contributed by atoms with van der Waals surface area (Å²) in [5.41, 5.74) is 24.7. The van der Waals surface area contributed by atoms with Gasteiger partial charge < -0.3 is 57.4 Å². The first-order valence-corrected chi connectivity index (χ1v) is 15.2. The minimum Gasteiger partial charge on any atom is -1.00 e. The summed E-state index contributed by atoms with van der Waals surface area (Å²) in [5.74, 6) is 2.62. The van der Waals surface area contributed by atoms with E-state index in [-0.39, 0.29) is 132 Å². The summed E-state index contributed by atoms with van der Waals surface area (Å²) >= 11 is 9.68. The summed E-state index contributed by atoms with van der Waals surface area (Å²) in [4.78, 5) is 14.6. The van der Waals surface area contributed by atoms with Gasteiger partial charge in [-0.3, -0.25) is 0 Å². The molecule has 43 heavy (non-hydrogen) atoms. The zero-order chi connectivity index (χ0) is 28.3. The van der Waals surface area contributed by atoms with Crippen LogP contribution in [-0.2, 0) is 12.8 Å². The van der Waals surface area contributed by atoms with Crippen LogP contribution in [0, 0.1) is 4.77 Å². The van der Waals surface area contributed by atoms with Crippen molar-refractivity contribution in [3.8, 4) is 0 Å². The number of aryl methyl sites for hydroxylation is 2. The number of aromatic nitrogens is 4. The van der Waals surface area contributed by atoms with Crippen LogP contribution in [0.3, 0.4) is 0 Å². The normalized spacial score (nSPS) is 9.14. The Hall–Kier alpha value is 0.813. The maximum Gasteiger partial charge on any atom is 1.00 e. The molecule has 0 atom stereocenters. The molecular formula is C28H38BrIK2N8OS2. The number of thioether (sulfide) groups is 1. The molecule has 0 saturated heterocycles. The van der Waals surface area contributed by atoms with Gasteiger partial charge in [0.25, 0.3) is 0 Å². The molecule has 15 heteroatoms. The topological polar surface area (TPSA) is 189 Å². The molecular weight excluding hydrogens is 814 g/mol. The molecule has 0 radical (unpaired) electrons. The fraction of sp³-hybridized carbons (Fsp3) is 0.286. The zero-order valence-corrected chi connectivity index (χ0v) is 36.4. The summed E-state index contributed by atoms with van der Waals surface area (Å²) in [5, 5.41) is 1.79. The van der Waals surface area contributed by atoms with E-state index in [4.69, 9.17) is 22.9 Å². The number of hydrogen-bond donors (Lipinski definition) is 5. The van der Waals surface area contributed by atoms with E-state index in [1.165, 1.54) is 36.5 Å². The Morgan fingerprint density at radius 3 is 1.60 bits per heavy atom. The number of unbranched alkanes of at least 4 members (excludes halogenated alkanes) is 2. The number of nitrogens with zero attached hydrogens (tertiary/aromatic N) is 3. The van der Waals surface area contributed by atoms with Crippen LogP contribution in [0.5, 0.6) is 0 Å². The summed E-state index contributed by atoms with van der Waals surface area (Å²) in [6.45, 7) is 0. The van der Waals surface area contributed by atoms with Gasteiger partial charge in [0.15, 0.2) is 9.93 Å². The fourth-order valence-electron chi connectivity index (χ4n) is 3.33. The molecule has 0 spiro atoms.